The molecule has 0 spiro atoms. The van der Waals surface area contributed by atoms with E-state index in [2.05, 4.69) is 30.2 Å². The Morgan fingerprint density at radius 3 is 2.49 bits per heavy atom. The number of likely N-dealkylation sites (tertiary alicyclic amines) is 1. The molecule has 4 heterocycles. The maximum absolute atomic E-state index is 11.1. The van der Waals surface area contributed by atoms with Crippen molar-refractivity contribution in [3.8, 4) is 22.9 Å². The number of nitrogens with zero attached hydrogens (tertiary/aromatic N) is 5. The summed E-state index contributed by atoms with van der Waals surface area (Å²) in [5.41, 5.74) is 2.44. The van der Waals surface area contributed by atoms with Crippen molar-refractivity contribution in [2.45, 2.75) is 32.4 Å². The number of aliphatic carboxylic acids is 1. The van der Waals surface area contributed by atoms with Crippen molar-refractivity contribution in [3.63, 3.8) is 0 Å². The smallest absolute Gasteiger partial charge is 0.303 e. The van der Waals surface area contributed by atoms with E-state index in [1.54, 1.807) is 30.9 Å². The van der Waals surface area contributed by atoms with Crippen molar-refractivity contribution >= 4 is 35.1 Å². The second-order valence-corrected chi connectivity index (χ2v) is 10.3. The Labute approximate surface area is 235 Å². The molecule has 0 bridgehead atoms. The van der Waals surface area contributed by atoms with Gasteiger partial charge in [-0.05, 0) is 61.7 Å². The van der Waals surface area contributed by atoms with Gasteiger partial charge < -0.3 is 20.1 Å². The third kappa shape index (κ3) is 7.66. The third-order valence-corrected chi connectivity index (χ3v) is 6.85. The van der Waals surface area contributed by atoms with Gasteiger partial charge in [0, 0.05) is 47.0 Å². The summed E-state index contributed by atoms with van der Waals surface area (Å²) < 4.78 is 6.06. The van der Waals surface area contributed by atoms with Crippen LogP contribution in [0.25, 0.3) is 11.3 Å². The van der Waals surface area contributed by atoms with E-state index in [4.69, 9.17) is 38.0 Å². The van der Waals surface area contributed by atoms with E-state index < -0.39 is 5.97 Å². The average molecular weight is 568 g/mol. The lowest BCUT2D eigenvalue weighted by atomic mass is 9.93. The van der Waals surface area contributed by atoms with Gasteiger partial charge in [-0.2, -0.15) is 0 Å². The van der Waals surface area contributed by atoms with Gasteiger partial charge in [-0.1, -0.05) is 23.2 Å². The number of carboxylic acid groups (broad SMARTS) is 1. The number of aromatic amines is 1. The Balaban J connectivity index is 1.33. The van der Waals surface area contributed by atoms with Gasteiger partial charge in [0.15, 0.2) is 5.75 Å². The van der Waals surface area contributed by atoms with Crippen molar-refractivity contribution in [1.29, 1.82) is 0 Å². The molecular weight excluding hydrogens is 541 g/mol. The Hall–Kier alpha value is -3.73. The van der Waals surface area contributed by atoms with Gasteiger partial charge in [0.05, 0.1) is 24.6 Å². The van der Waals surface area contributed by atoms with E-state index in [0.717, 1.165) is 42.9 Å². The number of anilines is 1. The number of halogens is 2. The number of pyridine rings is 1. The van der Waals surface area contributed by atoms with E-state index >= 15 is 0 Å². The molecule has 0 aliphatic carbocycles. The van der Waals surface area contributed by atoms with Gasteiger partial charge in [-0.15, -0.1) is 0 Å². The molecule has 5 rings (SSSR count). The number of imidazole rings is 1. The summed E-state index contributed by atoms with van der Waals surface area (Å²) >= 11 is 12.5. The number of nitrogens with one attached hydrogen (secondary N) is 2. The average Bonchev–Trinajstić information content (AvgIpc) is 3.42. The molecular formula is C27H27Cl2N7O3. The molecule has 1 aromatic carbocycles. The Bertz CT molecular complexity index is 1390. The van der Waals surface area contributed by atoms with Crippen LogP contribution in [0.5, 0.6) is 11.6 Å². The van der Waals surface area contributed by atoms with Crippen LogP contribution in [0.1, 0.15) is 30.7 Å². The van der Waals surface area contributed by atoms with Crippen molar-refractivity contribution < 1.29 is 14.6 Å². The molecule has 0 atom stereocenters. The molecule has 0 radical (unpaired) electrons. The summed E-state index contributed by atoms with van der Waals surface area (Å²) in [6, 6.07) is 9.18. The van der Waals surface area contributed by atoms with E-state index in [0.29, 0.717) is 46.4 Å². The molecule has 0 unspecified atom stereocenters. The first-order valence-corrected chi connectivity index (χ1v) is 13.3. The van der Waals surface area contributed by atoms with Crippen LogP contribution in [0.2, 0.25) is 10.0 Å². The zero-order valence-corrected chi connectivity index (χ0v) is 22.5. The summed E-state index contributed by atoms with van der Waals surface area (Å²) in [6.45, 7) is 2.80. The van der Waals surface area contributed by atoms with Crippen LogP contribution in [0.15, 0.2) is 55.1 Å². The second-order valence-electron chi connectivity index (χ2n) is 9.41. The fraction of sp³-hybridized carbons (Fsp3) is 0.296. The van der Waals surface area contributed by atoms with Crippen molar-refractivity contribution in [2.75, 3.05) is 18.4 Å². The topological polar surface area (TPSA) is 129 Å². The molecule has 1 fully saturated rings. The van der Waals surface area contributed by atoms with Crippen molar-refractivity contribution in [3.05, 3.63) is 76.6 Å². The van der Waals surface area contributed by atoms with Crippen LogP contribution < -0.4 is 10.1 Å². The first kappa shape index (κ1) is 26.9. The van der Waals surface area contributed by atoms with E-state index in [9.17, 15) is 4.79 Å². The fourth-order valence-corrected chi connectivity index (χ4v) is 5.07. The van der Waals surface area contributed by atoms with E-state index in [1.807, 2.05) is 24.3 Å². The zero-order valence-electron chi connectivity index (χ0n) is 21.0. The number of hydrogen-bond acceptors (Lipinski definition) is 8. The van der Waals surface area contributed by atoms with E-state index in [1.165, 1.54) is 0 Å². The third-order valence-electron chi connectivity index (χ3n) is 6.42. The van der Waals surface area contributed by atoms with Crippen LogP contribution in [0.4, 0.5) is 5.95 Å². The molecule has 0 saturated carbocycles. The lowest BCUT2D eigenvalue weighted by Gasteiger charge is -2.31. The molecule has 1 aliphatic rings. The second kappa shape index (κ2) is 12.4. The minimum absolute atomic E-state index is 0.218. The predicted molar refractivity (Wildman–Crippen MR) is 148 cm³/mol. The van der Waals surface area contributed by atoms with Crippen LogP contribution in [-0.2, 0) is 17.9 Å². The lowest BCUT2D eigenvalue weighted by molar-refractivity contribution is -0.138. The largest absolute Gasteiger partial charge is 0.481 e. The van der Waals surface area contributed by atoms with Gasteiger partial charge in [0.25, 0.3) is 0 Å². The molecule has 12 heteroatoms. The molecule has 39 heavy (non-hydrogen) atoms. The summed E-state index contributed by atoms with van der Waals surface area (Å²) in [5, 5.41) is 13.2. The van der Waals surface area contributed by atoms with Crippen molar-refractivity contribution in [2.24, 2.45) is 5.92 Å². The predicted octanol–water partition coefficient (Wildman–Crippen LogP) is 5.66. The number of aromatic nitrogens is 5. The number of ether oxygens (including phenoxy) is 1. The maximum atomic E-state index is 11.1. The standard InChI is InChI=1S/C27H27Cl2N7O3/c28-20-10-19(11-21(29)12-20)23-7-18(16-36-5-1-17(2-6-36)9-26(37)38)8-25(35-23)39-22-13-32-27(33-14-22)34-15-24-30-3-4-31-24/h3-4,7-8,10-14,17H,1-2,5-6,9,15-16H2,(H,30,31)(H,37,38)(H,32,33,34). The van der Waals surface area contributed by atoms with Gasteiger partial charge in [-0.3, -0.25) is 9.69 Å². The number of carboxylic acids is 1. The summed E-state index contributed by atoms with van der Waals surface area (Å²) in [6.07, 6.45) is 8.53. The molecule has 202 valence electrons. The van der Waals surface area contributed by atoms with Crippen LogP contribution in [0.3, 0.4) is 0 Å². The Morgan fingerprint density at radius 1 is 1.08 bits per heavy atom. The van der Waals surface area contributed by atoms with Crippen molar-refractivity contribution in [1.82, 2.24) is 29.8 Å². The Morgan fingerprint density at radius 2 is 1.82 bits per heavy atom. The minimum atomic E-state index is -0.737. The number of carbonyl (C=O) groups is 1. The molecule has 1 aliphatic heterocycles. The minimum Gasteiger partial charge on any atom is -0.481 e. The number of rotatable bonds is 10. The number of benzene rings is 1. The summed E-state index contributed by atoms with van der Waals surface area (Å²) in [5.74, 6) is 1.53. The van der Waals surface area contributed by atoms with Crippen LogP contribution >= 0.6 is 23.2 Å². The SMILES string of the molecule is O=C(O)CC1CCN(Cc2cc(Oc3cnc(NCc4ncc[nH]4)nc3)nc(-c3cc(Cl)cc(Cl)c3)c2)CC1. The Kier molecular flexibility index (Phi) is 8.55. The molecule has 0 amide bonds. The summed E-state index contributed by atoms with van der Waals surface area (Å²) in [7, 11) is 0. The van der Waals surface area contributed by atoms with Gasteiger partial charge >= 0.3 is 5.97 Å². The number of H-pyrrole nitrogens is 1. The highest BCUT2D eigenvalue weighted by atomic mass is 35.5. The zero-order chi connectivity index (χ0) is 27.2. The fourth-order valence-electron chi connectivity index (χ4n) is 4.54. The van der Waals surface area contributed by atoms with Gasteiger partial charge in [-0.25, -0.2) is 19.9 Å². The van der Waals surface area contributed by atoms with Crippen LogP contribution in [0, 0.1) is 5.92 Å². The normalized spacial score (nSPS) is 14.3. The molecule has 10 nitrogen and oxygen atoms in total. The lowest BCUT2D eigenvalue weighted by Crippen LogP contribution is -2.33. The summed E-state index contributed by atoms with van der Waals surface area (Å²) in [4.78, 5) is 33.9. The molecule has 4 aromatic rings. The molecule has 3 N–H and O–H groups in total. The maximum Gasteiger partial charge on any atom is 0.303 e. The number of hydrogen-bond donors (Lipinski definition) is 3. The number of piperidine rings is 1. The quantitative estimate of drug-likeness (QED) is 0.222. The monoisotopic (exact) mass is 567 g/mol. The van der Waals surface area contributed by atoms with E-state index in [-0.39, 0.29) is 12.3 Å². The van der Waals surface area contributed by atoms with Crippen LogP contribution in [-0.4, -0.2) is 54.0 Å². The highest BCUT2D eigenvalue weighted by molar-refractivity contribution is 6.35. The molecule has 3 aromatic heterocycles. The van der Waals surface area contributed by atoms with Gasteiger partial charge in [0.2, 0.25) is 11.8 Å². The first-order chi connectivity index (χ1) is 18.9. The molecule has 1 saturated heterocycles. The highest BCUT2D eigenvalue weighted by Gasteiger charge is 2.22. The first-order valence-electron chi connectivity index (χ1n) is 12.5. The highest BCUT2D eigenvalue weighted by Crippen LogP contribution is 2.31. The van der Waals surface area contributed by atoms with Gasteiger partial charge in [0.1, 0.15) is 5.82 Å².